The number of hydrogen-bond donors (Lipinski definition) is 1. The Labute approximate surface area is 176 Å². The van der Waals surface area contributed by atoms with Crippen LogP contribution in [0.5, 0.6) is 0 Å². The summed E-state index contributed by atoms with van der Waals surface area (Å²) >= 11 is 0. The molecule has 0 aliphatic heterocycles. The van der Waals surface area contributed by atoms with Gasteiger partial charge in [0.2, 0.25) is 0 Å². The molecule has 1 aliphatic rings. The van der Waals surface area contributed by atoms with Crippen LogP contribution >= 0.6 is 0 Å². The second-order valence-corrected chi connectivity index (χ2v) is 7.69. The van der Waals surface area contributed by atoms with Gasteiger partial charge in [0.05, 0.1) is 23.0 Å². The first kappa shape index (κ1) is 18.4. The molecule has 1 heterocycles. The van der Waals surface area contributed by atoms with Crippen molar-refractivity contribution in [2.45, 2.75) is 25.8 Å². The molecule has 4 aromatic rings. The van der Waals surface area contributed by atoms with Gasteiger partial charge in [-0.2, -0.15) is 5.10 Å². The Kier molecular flexibility index (Phi) is 4.68. The highest BCUT2D eigenvalue weighted by Gasteiger charge is 2.28. The third-order valence-electron chi connectivity index (χ3n) is 5.83. The lowest BCUT2D eigenvalue weighted by Gasteiger charge is -2.15. The second kappa shape index (κ2) is 7.64. The molecule has 1 atom stereocenters. The molecule has 1 amide bonds. The highest BCUT2D eigenvalue weighted by atomic mass is 16.1. The van der Waals surface area contributed by atoms with Crippen LogP contribution in [0, 0.1) is 6.92 Å². The van der Waals surface area contributed by atoms with Crippen molar-refractivity contribution in [3.8, 4) is 16.9 Å². The fourth-order valence-electron chi connectivity index (χ4n) is 4.33. The number of aromatic nitrogens is 2. The normalized spacial score (nSPS) is 15.0. The zero-order valence-corrected chi connectivity index (χ0v) is 16.9. The first-order chi connectivity index (χ1) is 14.7. The number of aryl methyl sites for hydroxylation is 1. The fourth-order valence-corrected chi connectivity index (χ4v) is 4.33. The number of benzene rings is 3. The van der Waals surface area contributed by atoms with Crippen molar-refractivity contribution in [1.29, 1.82) is 0 Å². The molecule has 1 aromatic heterocycles. The minimum atomic E-state index is -0.0739. The summed E-state index contributed by atoms with van der Waals surface area (Å²) in [7, 11) is 0. The number of carbonyl (C=O) groups excluding carboxylic acids is 1. The van der Waals surface area contributed by atoms with Crippen LogP contribution in [-0.2, 0) is 6.42 Å². The number of nitrogens with one attached hydrogen (secondary N) is 1. The molecule has 0 spiro atoms. The highest BCUT2D eigenvalue weighted by Crippen LogP contribution is 2.32. The van der Waals surface area contributed by atoms with Gasteiger partial charge in [0.1, 0.15) is 5.69 Å². The summed E-state index contributed by atoms with van der Waals surface area (Å²) in [6.07, 6.45) is 1.92. The van der Waals surface area contributed by atoms with Gasteiger partial charge in [-0.05, 0) is 43.0 Å². The Morgan fingerprint density at radius 2 is 1.60 bits per heavy atom. The maximum atomic E-state index is 13.5. The molecule has 1 N–H and O–H groups in total. The van der Waals surface area contributed by atoms with Crippen molar-refractivity contribution in [2.75, 3.05) is 0 Å². The van der Waals surface area contributed by atoms with Crippen molar-refractivity contribution in [3.63, 3.8) is 0 Å². The van der Waals surface area contributed by atoms with Crippen LogP contribution in [0.4, 0.5) is 0 Å². The van der Waals surface area contributed by atoms with E-state index in [-0.39, 0.29) is 11.9 Å². The quantitative estimate of drug-likeness (QED) is 0.514. The molecule has 4 nitrogen and oxygen atoms in total. The van der Waals surface area contributed by atoms with E-state index in [0.29, 0.717) is 11.3 Å². The molecule has 0 saturated carbocycles. The summed E-state index contributed by atoms with van der Waals surface area (Å²) in [5, 5.41) is 8.12. The molecule has 0 saturated heterocycles. The lowest BCUT2D eigenvalue weighted by atomic mass is 10.0. The van der Waals surface area contributed by atoms with Gasteiger partial charge in [-0.3, -0.25) is 4.79 Å². The van der Waals surface area contributed by atoms with E-state index in [1.807, 2.05) is 78.3 Å². The number of rotatable bonds is 4. The van der Waals surface area contributed by atoms with E-state index in [4.69, 9.17) is 5.10 Å². The predicted molar refractivity (Wildman–Crippen MR) is 119 cm³/mol. The Bertz CT molecular complexity index is 1200. The monoisotopic (exact) mass is 393 g/mol. The smallest absolute Gasteiger partial charge is 0.255 e. The van der Waals surface area contributed by atoms with Crippen molar-refractivity contribution in [3.05, 3.63) is 107 Å². The van der Waals surface area contributed by atoms with Gasteiger partial charge < -0.3 is 5.32 Å². The van der Waals surface area contributed by atoms with Crippen LogP contribution in [0.25, 0.3) is 16.9 Å². The number of carbonyl (C=O) groups is 1. The molecule has 0 bridgehead atoms. The third-order valence-corrected chi connectivity index (χ3v) is 5.83. The number of nitrogens with zero attached hydrogens (tertiary/aromatic N) is 2. The predicted octanol–water partition coefficient (Wildman–Crippen LogP) is 5.27. The summed E-state index contributed by atoms with van der Waals surface area (Å²) in [4.78, 5) is 13.5. The molecule has 5 rings (SSSR count). The zero-order chi connectivity index (χ0) is 20.5. The Hall–Kier alpha value is -3.66. The Morgan fingerprint density at radius 1 is 0.933 bits per heavy atom. The molecule has 4 heteroatoms. The van der Waals surface area contributed by atoms with Crippen molar-refractivity contribution in [2.24, 2.45) is 0 Å². The molecule has 1 unspecified atom stereocenters. The minimum Gasteiger partial charge on any atom is -0.345 e. The van der Waals surface area contributed by atoms with Gasteiger partial charge in [-0.1, -0.05) is 72.8 Å². The molecule has 0 radical (unpaired) electrons. The SMILES string of the molecule is Cc1c(C(=O)NC2CCc3ccccc32)c(-c2ccccc2)nn1-c1ccccc1. The van der Waals surface area contributed by atoms with Crippen molar-refractivity contribution >= 4 is 5.91 Å². The molecular formula is C26H23N3O. The van der Waals surface area contributed by atoms with E-state index in [1.165, 1.54) is 11.1 Å². The van der Waals surface area contributed by atoms with E-state index in [0.717, 1.165) is 29.8 Å². The maximum absolute atomic E-state index is 13.5. The molecular weight excluding hydrogens is 370 g/mol. The van der Waals surface area contributed by atoms with Gasteiger partial charge in [0.25, 0.3) is 5.91 Å². The van der Waals surface area contributed by atoms with Crippen LogP contribution < -0.4 is 5.32 Å². The van der Waals surface area contributed by atoms with Crippen LogP contribution in [0.15, 0.2) is 84.9 Å². The number of amides is 1. The molecule has 1 aliphatic carbocycles. The molecule has 0 fully saturated rings. The molecule has 148 valence electrons. The van der Waals surface area contributed by atoms with Gasteiger partial charge in [-0.25, -0.2) is 4.68 Å². The van der Waals surface area contributed by atoms with Gasteiger partial charge >= 0.3 is 0 Å². The van der Waals surface area contributed by atoms with E-state index >= 15 is 0 Å². The lowest BCUT2D eigenvalue weighted by molar-refractivity contribution is 0.0936. The fraction of sp³-hybridized carbons (Fsp3) is 0.154. The van der Waals surface area contributed by atoms with E-state index in [1.54, 1.807) is 0 Å². The third kappa shape index (κ3) is 3.20. The number of fused-ring (bicyclic) bond motifs is 1. The van der Waals surface area contributed by atoms with E-state index < -0.39 is 0 Å². The number of para-hydroxylation sites is 1. The van der Waals surface area contributed by atoms with E-state index in [9.17, 15) is 4.79 Å². The number of hydrogen-bond acceptors (Lipinski definition) is 2. The lowest BCUT2D eigenvalue weighted by Crippen LogP contribution is -2.28. The zero-order valence-electron chi connectivity index (χ0n) is 16.9. The second-order valence-electron chi connectivity index (χ2n) is 7.69. The summed E-state index contributed by atoms with van der Waals surface area (Å²) < 4.78 is 1.86. The Balaban J connectivity index is 1.57. The van der Waals surface area contributed by atoms with Crippen molar-refractivity contribution in [1.82, 2.24) is 15.1 Å². The topological polar surface area (TPSA) is 46.9 Å². The maximum Gasteiger partial charge on any atom is 0.255 e. The minimum absolute atomic E-state index is 0.0387. The van der Waals surface area contributed by atoms with E-state index in [2.05, 4.69) is 23.5 Å². The molecule has 3 aromatic carbocycles. The Morgan fingerprint density at radius 3 is 2.37 bits per heavy atom. The first-order valence-corrected chi connectivity index (χ1v) is 10.3. The average molecular weight is 393 g/mol. The average Bonchev–Trinajstić information content (AvgIpc) is 3.36. The van der Waals surface area contributed by atoms with Gasteiger partial charge in [0, 0.05) is 5.56 Å². The van der Waals surface area contributed by atoms with Crippen LogP contribution in [0.3, 0.4) is 0 Å². The molecule has 30 heavy (non-hydrogen) atoms. The largest absolute Gasteiger partial charge is 0.345 e. The van der Waals surface area contributed by atoms with Crippen LogP contribution in [0.2, 0.25) is 0 Å². The summed E-state index contributed by atoms with van der Waals surface area (Å²) in [6.45, 7) is 1.96. The summed E-state index contributed by atoms with van der Waals surface area (Å²) in [5.41, 5.74) is 6.60. The highest BCUT2D eigenvalue weighted by molar-refractivity contribution is 6.01. The van der Waals surface area contributed by atoms with Crippen molar-refractivity contribution < 1.29 is 4.79 Å². The van der Waals surface area contributed by atoms with Crippen LogP contribution in [0.1, 0.15) is 39.6 Å². The van der Waals surface area contributed by atoms with Crippen LogP contribution in [-0.4, -0.2) is 15.7 Å². The first-order valence-electron chi connectivity index (χ1n) is 10.3. The summed E-state index contributed by atoms with van der Waals surface area (Å²) in [6, 6.07) is 28.3. The van der Waals surface area contributed by atoms with Gasteiger partial charge in [0.15, 0.2) is 0 Å². The van der Waals surface area contributed by atoms with Gasteiger partial charge in [-0.15, -0.1) is 0 Å². The summed E-state index contributed by atoms with van der Waals surface area (Å²) in [5.74, 6) is -0.0739. The standard InChI is InChI=1S/C26H23N3O/c1-18-24(26(30)27-23-17-16-19-10-8-9-15-22(19)23)25(20-11-4-2-5-12-20)28-29(18)21-13-6-3-7-14-21/h2-15,23H,16-17H2,1H3,(H,27,30).